The molecule has 13 heavy (non-hydrogen) atoms. The van der Waals surface area contributed by atoms with Crippen molar-refractivity contribution in [2.24, 2.45) is 5.73 Å². The third-order valence-electron chi connectivity index (χ3n) is 1.26. The molecule has 0 saturated carbocycles. The summed E-state index contributed by atoms with van der Waals surface area (Å²) in [4.78, 5) is 0. The predicted molar refractivity (Wildman–Crippen MR) is 55.1 cm³/mol. The second-order valence-electron chi connectivity index (χ2n) is 3.89. The highest BCUT2D eigenvalue weighted by Gasteiger charge is 2.30. The molecule has 0 fully saturated rings. The molecule has 82 valence electrons. The summed E-state index contributed by atoms with van der Waals surface area (Å²) in [6, 6.07) is -0.614. The van der Waals surface area contributed by atoms with Crippen molar-refractivity contribution in [2.75, 3.05) is 0 Å². The first-order chi connectivity index (χ1) is 5.24. The molecule has 0 spiro atoms. The van der Waals surface area contributed by atoms with Gasteiger partial charge in [-0.2, -0.15) is 0 Å². The quantitative estimate of drug-likeness (QED) is 0.756. The highest BCUT2D eigenvalue weighted by Crippen LogP contribution is 2.15. The maximum absolute atomic E-state index is 12.3. The van der Waals surface area contributed by atoms with Crippen molar-refractivity contribution in [1.29, 1.82) is 0 Å². The normalized spacial score (nSPS) is 16.6. The van der Waals surface area contributed by atoms with Gasteiger partial charge in [-0.1, -0.05) is 0 Å². The van der Waals surface area contributed by atoms with Gasteiger partial charge >= 0.3 is 0 Å². The molecule has 2 atom stereocenters. The lowest BCUT2D eigenvalue weighted by Crippen LogP contribution is -2.45. The second-order valence-corrected chi connectivity index (χ2v) is 8.35. The fraction of sp³-hybridized carbons (Fsp3) is 1.00. The molecule has 0 aliphatic rings. The predicted octanol–water partition coefficient (Wildman–Crippen LogP) is 2.24. The Balaban J connectivity index is 0. The van der Waals surface area contributed by atoms with E-state index in [1.807, 2.05) is 19.6 Å². The minimum absolute atomic E-state index is 0. The number of halogens is 3. The van der Waals surface area contributed by atoms with Gasteiger partial charge in [0.15, 0.2) is 8.32 Å². The van der Waals surface area contributed by atoms with E-state index in [0.29, 0.717) is 0 Å². The average molecular weight is 234 g/mol. The fourth-order valence-corrected chi connectivity index (χ4v) is 1.93. The largest absolute Gasteiger partial charge is 0.407 e. The molecule has 0 saturated heterocycles. The van der Waals surface area contributed by atoms with Crippen LogP contribution >= 0.6 is 12.4 Å². The van der Waals surface area contributed by atoms with E-state index < -0.39 is 26.9 Å². The van der Waals surface area contributed by atoms with Crippen LogP contribution in [-0.4, -0.2) is 26.9 Å². The molecule has 0 amide bonds. The van der Waals surface area contributed by atoms with Crippen LogP contribution in [-0.2, 0) is 4.43 Å². The number of rotatable bonds is 4. The smallest absolute Gasteiger partial charge is 0.264 e. The van der Waals surface area contributed by atoms with Gasteiger partial charge in [0.05, 0.1) is 0 Å². The Morgan fingerprint density at radius 1 is 1.23 bits per heavy atom. The molecular weight excluding hydrogens is 216 g/mol. The zero-order valence-electron chi connectivity index (χ0n) is 8.38. The van der Waals surface area contributed by atoms with E-state index in [2.05, 4.69) is 0 Å². The SMILES string of the molecule is CC(N)C(O[Si](C)(C)C)C(F)F.Cl. The summed E-state index contributed by atoms with van der Waals surface area (Å²) < 4.78 is 29.8. The lowest BCUT2D eigenvalue weighted by atomic mass is 10.2. The van der Waals surface area contributed by atoms with Crippen LogP contribution in [0.1, 0.15) is 6.92 Å². The van der Waals surface area contributed by atoms with Crippen LogP contribution in [0.2, 0.25) is 19.6 Å². The third kappa shape index (κ3) is 7.36. The van der Waals surface area contributed by atoms with Gasteiger partial charge in [0.25, 0.3) is 6.43 Å². The zero-order valence-corrected chi connectivity index (χ0v) is 10.2. The van der Waals surface area contributed by atoms with Crippen LogP contribution in [0, 0.1) is 0 Å². The van der Waals surface area contributed by atoms with E-state index in [4.69, 9.17) is 10.2 Å². The minimum Gasteiger partial charge on any atom is -0.407 e. The zero-order chi connectivity index (χ0) is 9.94. The Morgan fingerprint density at radius 2 is 1.62 bits per heavy atom. The van der Waals surface area contributed by atoms with Gasteiger partial charge in [-0.05, 0) is 26.6 Å². The van der Waals surface area contributed by atoms with Crippen molar-refractivity contribution >= 4 is 20.7 Å². The first kappa shape index (κ1) is 15.7. The topological polar surface area (TPSA) is 35.2 Å². The van der Waals surface area contributed by atoms with Crippen LogP contribution in [0.3, 0.4) is 0 Å². The molecule has 0 aromatic heterocycles. The van der Waals surface area contributed by atoms with Gasteiger partial charge in [-0.25, -0.2) is 8.78 Å². The number of hydrogen-bond donors (Lipinski definition) is 1. The molecule has 0 radical (unpaired) electrons. The number of alkyl halides is 2. The van der Waals surface area contributed by atoms with Crippen LogP contribution in [0.25, 0.3) is 0 Å². The van der Waals surface area contributed by atoms with Crippen molar-refractivity contribution in [3.63, 3.8) is 0 Å². The molecule has 0 aromatic rings. The van der Waals surface area contributed by atoms with Crippen LogP contribution in [0.15, 0.2) is 0 Å². The molecule has 0 rings (SSSR count). The number of hydrogen-bond acceptors (Lipinski definition) is 2. The summed E-state index contributed by atoms with van der Waals surface area (Å²) in [6.45, 7) is 7.14. The van der Waals surface area contributed by atoms with Gasteiger partial charge in [0.1, 0.15) is 6.10 Å². The van der Waals surface area contributed by atoms with E-state index in [9.17, 15) is 8.78 Å². The summed E-state index contributed by atoms with van der Waals surface area (Å²) in [5.41, 5.74) is 5.36. The van der Waals surface area contributed by atoms with Gasteiger partial charge in [0, 0.05) is 6.04 Å². The van der Waals surface area contributed by atoms with Gasteiger partial charge in [-0.15, -0.1) is 12.4 Å². The molecule has 6 heteroatoms. The summed E-state index contributed by atoms with van der Waals surface area (Å²) in [7, 11) is -1.91. The van der Waals surface area contributed by atoms with E-state index in [1.165, 1.54) is 6.92 Å². The van der Waals surface area contributed by atoms with Crippen LogP contribution in [0.5, 0.6) is 0 Å². The molecule has 0 aliphatic carbocycles. The molecule has 0 heterocycles. The summed E-state index contributed by atoms with van der Waals surface area (Å²) in [6.07, 6.45) is -3.60. The van der Waals surface area contributed by atoms with Gasteiger partial charge in [-0.3, -0.25) is 0 Å². The first-order valence-corrected chi connectivity index (χ1v) is 7.36. The highest BCUT2D eigenvalue weighted by atomic mass is 35.5. The summed E-state index contributed by atoms with van der Waals surface area (Å²) in [5.74, 6) is 0. The Labute approximate surface area is 85.4 Å². The fourth-order valence-electron chi connectivity index (χ4n) is 0.796. The van der Waals surface area contributed by atoms with Gasteiger partial charge < -0.3 is 10.2 Å². The van der Waals surface area contributed by atoms with Crippen molar-refractivity contribution in [2.45, 2.75) is 45.1 Å². The lowest BCUT2D eigenvalue weighted by molar-refractivity contribution is -0.00396. The highest BCUT2D eigenvalue weighted by molar-refractivity contribution is 6.69. The number of nitrogens with two attached hydrogens (primary N) is 1. The monoisotopic (exact) mass is 233 g/mol. The molecule has 0 aromatic carbocycles. The van der Waals surface area contributed by atoms with Crippen molar-refractivity contribution in [1.82, 2.24) is 0 Å². The van der Waals surface area contributed by atoms with Crippen molar-refractivity contribution < 1.29 is 13.2 Å². The molecule has 0 bridgehead atoms. The second kappa shape index (κ2) is 5.90. The Hall–Kier alpha value is 0.287. The average Bonchev–Trinajstić information content (AvgIpc) is 1.79. The van der Waals surface area contributed by atoms with Gasteiger partial charge in [0.2, 0.25) is 0 Å². The summed E-state index contributed by atoms with van der Waals surface area (Å²) in [5, 5.41) is 0. The molecular formula is C7H18ClF2NOSi. The van der Waals surface area contributed by atoms with E-state index in [1.54, 1.807) is 0 Å². The van der Waals surface area contributed by atoms with Crippen molar-refractivity contribution in [3.05, 3.63) is 0 Å². The molecule has 2 N–H and O–H groups in total. The molecule has 0 aliphatic heterocycles. The summed E-state index contributed by atoms with van der Waals surface area (Å²) >= 11 is 0. The van der Waals surface area contributed by atoms with E-state index >= 15 is 0 Å². The van der Waals surface area contributed by atoms with Crippen LogP contribution < -0.4 is 5.73 Å². The van der Waals surface area contributed by atoms with Crippen molar-refractivity contribution in [3.8, 4) is 0 Å². The maximum atomic E-state index is 12.3. The van der Waals surface area contributed by atoms with E-state index in [0.717, 1.165) is 0 Å². The standard InChI is InChI=1S/C7H17F2NOSi.ClH/c1-5(10)6(7(8)9)11-12(2,3)4;/h5-7H,10H2,1-4H3;1H. The third-order valence-corrected chi connectivity index (χ3v) is 2.24. The Bertz CT molecular complexity index is 133. The Kier molecular flexibility index (Phi) is 7.15. The Morgan fingerprint density at radius 3 is 1.69 bits per heavy atom. The van der Waals surface area contributed by atoms with Crippen LogP contribution in [0.4, 0.5) is 8.78 Å². The minimum atomic E-state index is -2.49. The molecule has 2 nitrogen and oxygen atoms in total. The lowest BCUT2D eigenvalue weighted by Gasteiger charge is -2.28. The first-order valence-electron chi connectivity index (χ1n) is 3.95. The van der Waals surface area contributed by atoms with E-state index in [-0.39, 0.29) is 12.4 Å². The maximum Gasteiger partial charge on any atom is 0.264 e. The molecule has 2 unspecified atom stereocenters.